The summed E-state index contributed by atoms with van der Waals surface area (Å²) in [6.45, 7) is 4.32. The van der Waals surface area contributed by atoms with Crippen LogP contribution in [0.1, 0.15) is 22.4 Å². The van der Waals surface area contributed by atoms with Crippen LogP contribution in [0.15, 0.2) is 42.5 Å². The normalized spacial score (nSPS) is 17.3. The number of aliphatic hydroxyl groups excluding tert-OH is 1. The monoisotopic (exact) mass is 588 g/mol. The number of aliphatic hydroxyl groups is 1. The highest BCUT2D eigenvalue weighted by atomic mass is 35.5. The predicted molar refractivity (Wildman–Crippen MR) is 152 cm³/mol. The number of hydrogen-bond acceptors (Lipinski definition) is 6. The summed E-state index contributed by atoms with van der Waals surface area (Å²) in [5.41, 5.74) is 4.67. The number of morpholine rings is 1. The van der Waals surface area contributed by atoms with Gasteiger partial charge in [-0.1, -0.05) is 41.1 Å². The molecule has 0 spiro atoms. The Bertz CT molecular complexity index is 1510. The third kappa shape index (κ3) is 6.84. The van der Waals surface area contributed by atoms with Gasteiger partial charge in [-0.25, -0.2) is 8.42 Å². The highest BCUT2D eigenvalue weighted by Gasteiger charge is 2.30. The fourth-order valence-corrected chi connectivity index (χ4v) is 5.99. The Balaban J connectivity index is 1.48. The number of benzene rings is 2. The van der Waals surface area contributed by atoms with Gasteiger partial charge in [-0.05, 0) is 36.4 Å². The molecule has 0 saturated carbocycles. The summed E-state index contributed by atoms with van der Waals surface area (Å²) in [7, 11) is -3.38. The van der Waals surface area contributed by atoms with Crippen molar-refractivity contribution in [2.24, 2.45) is 0 Å². The molecule has 1 aromatic heterocycles. The first-order valence-corrected chi connectivity index (χ1v) is 15.4. The second-order valence-electron chi connectivity index (χ2n) is 9.82. The van der Waals surface area contributed by atoms with E-state index in [1.165, 1.54) is 10.6 Å². The summed E-state index contributed by atoms with van der Waals surface area (Å²) in [6, 6.07) is 12.8. The first-order valence-electron chi connectivity index (χ1n) is 12.8. The van der Waals surface area contributed by atoms with Crippen molar-refractivity contribution in [2.45, 2.75) is 25.6 Å². The molecule has 0 amide bonds. The van der Waals surface area contributed by atoms with Crippen molar-refractivity contribution in [1.29, 1.82) is 0 Å². The summed E-state index contributed by atoms with van der Waals surface area (Å²) in [5, 5.41) is 16.9. The van der Waals surface area contributed by atoms with E-state index in [4.69, 9.17) is 33.0 Å². The van der Waals surface area contributed by atoms with Crippen LogP contribution in [0.5, 0.6) is 0 Å². The van der Waals surface area contributed by atoms with Crippen molar-refractivity contribution in [2.75, 3.05) is 45.6 Å². The number of halogens is 2. The van der Waals surface area contributed by atoms with E-state index in [0.29, 0.717) is 60.6 Å². The van der Waals surface area contributed by atoms with Crippen LogP contribution in [0.25, 0.3) is 11.3 Å². The van der Waals surface area contributed by atoms with Crippen LogP contribution in [0.3, 0.4) is 0 Å². The molecule has 0 radical (unpaired) electrons. The van der Waals surface area contributed by atoms with Gasteiger partial charge in [0, 0.05) is 72.1 Å². The molecule has 1 saturated heterocycles. The van der Waals surface area contributed by atoms with Crippen LogP contribution in [-0.2, 0) is 34.3 Å². The summed E-state index contributed by atoms with van der Waals surface area (Å²) in [5.74, 6) is 6.25. The van der Waals surface area contributed by atoms with Crippen molar-refractivity contribution in [3.8, 4) is 23.1 Å². The predicted octanol–water partition coefficient (Wildman–Crippen LogP) is 3.27. The van der Waals surface area contributed by atoms with Crippen LogP contribution in [0.2, 0.25) is 10.0 Å². The molecule has 1 atom stereocenters. The molecule has 2 aliphatic heterocycles. The fourth-order valence-electron chi connectivity index (χ4n) is 4.91. The summed E-state index contributed by atoms with van der Waals surface area (Å²) >= 11 is 12.5. The number of nitrogens with zero attached hydrogens (tertiary/aromatic N) is 4. The van der Waals surface area contributed by atoms with Gasteiger partial charge in [-0.2, -0.15) is 9.40 Å². The molecule has 8 nitrogen and oxygen atoms in total. The maximum atomic E-state index is 12.4. The SMILES string of the molecule is CS(=O)(=O)N1CCc2c(c(-c3ccc(Cl)c(C#Cc4ccc(Cl)cc4)c3)nn2CC(O)CN2CCOCC2)C1. The zero-order chi connectivity index (χ0) is 27.6. The maximum absolute atomic E-state index is 12.4. The molecule has 2 aromatic carbocycles. The minimum atomic E-state index is -3.38. The lowest BCUT2D eigenvalue weighted by molar-refractivity contribution is 0.0106. The van der Waals surface area contributed by atoms with E-state index in [1.807, 2.05) is 28.9 Å². The van der Waals surface area contributed by atoms with Gasteiger partial charge in [0.1, 0.15) is 0 Å². The molecular formula is C28H30Cl2N4O4S. The molecule has 1 unspecified atom stereocenters. The number of β-amino-alcohol motifs (C(OH)–C–C–N with tert-alkyl or cyclic N) is 1. The van der Waals surface area contributed by atoms with Gasteiger partial charge in [-0.3, -0.25) is 9.58 Å². The number of aromatic nitrogens is 2. The highest BCUT2D eigenvalue weighted by molar-refractivity contribution is 7.88. The molecule has 206 valence electrons. The van der Waals surface area contributed by atoms with E-state index >= 15 is 0 Å². The van der Waals surface area contributed by atoms with Crippen LogP contribution < -0.4 is 0 Å². The van der Waals surface area contributed by atoms with E-state index in [2.05, 4.69) is 16.7 Å². The Hall–Kier alpha value is -2.42. The van der Waals surface area contributed by atoms with Crippen LogP contribution in [-0.4, -0.2) is 84.3 Å². The molecule has 11 heteroatoms. The Morgan fingerprint density at radius 1 is 1.05 bits per heavy atom. The van der Waals surface area contributed by atoms with E-state index in [1.54, 1.807) is 18.2 Å². The third-order valence-corrected chi connectivity index (χ3v) is 8.78. The van der Waals surface area contributed by atoms with Crippen molar-refractivity contribution < 1.29 is 18.3 Å². The average molecular weight is 590 g/mol. The number of sulfonamides is 1. The molecule has 5 rings (SSSR count). The standard InChI is InChI=1S/C28H30Cl2N4O4S/c1-39(36,37)33-11-10-27-25(19-33)28(31-34(27)18-24(35)17-32-12-14-38-15-13-32)22-6-9-26(30)21(16-22)5-2-20-3-7-23(29)8-4-20/h3-4,6-9,16,24,35H,10-15,17-19H2,1H3. The number of fused-ring (bicyclic) bond motifs is 1. The van der Waals surface area contributed by atoms with Crippen molar-refractivity contribution in [3.05, 3.63) is 74.9 Å². The van der Waals surface area contributed by atoms with Gasteiger partial charge in [0.15, 0.2) is 0 Å². The Morgan fingerprint density at radius 2 is 1.79 bits per heavy atom. The summed E-state index contributed by atoms with van der Waals surface area (Å²) < 4.78 is 33.5. The average Bonchev–Trinajstić information content (AvgIpc) is 3.26. The molecule has 0 bridgehead atoms. The van der Waals surface area contributed by atoms with E-state index < -0.39 is 16.1 Å². The van der Waals surface area contributed by atoms with Gasteiger partial charge in [0.05, 0.1) is 42.8 Å². The molecule has 3 aromatic rings. The Morgan fingerprint density at radius 3 is 2.51 bits per heavy atom. The van der Waals surface area contributed by atoms with Gasteiger partial charge in [-0.15, -0.1) is 0 Å². The second-order valence-corrected chi connectivity index (χ2v) is 12.6. The summed E-state index contributed by atoms with van der Waals surface area (Å²) in [4.78, 5) is 2.18. The molecule has 1 fully saturated rings. The largest absolute Gasteiger partial charge is 0.390 e. The van der Waals surface area contributed by atoms with E-state index in [0.717, 1.165) is 35.5 Å². The highest BCUT2D eigenvalue weighted by Crippen LogP contribution is 2.33. The Labute approximate surface area is 239 Å². The van der Waals surface area contributed by atoms with Crippen LogP contribution >= 0.6 is 23.2 Å². The zero-order valence-corrected chi connectivity index (χ0v) is 23.9. The molecule has 2 aliphatic rings. The zero-order valence-electron chi connectivity index (χ0n) is 21.6. The van der Waals surface area contributed by atoms with Crippen molar-refractivity contribution in [3.63, 3.8) is 0 Å². The maximum Gasteiger partial charge on any atom is 0.211 e. The van der Waals surface area contributed by atoms with Crippen LogP contribution in [0.4, 0.5) is 0 Å². The first kappa shape index (κ1) is 28.1. The van der Waals surface area contributed by atoms with Gasteiger partial charge < -0.3 is 9.84 Å². The lowest BCUT2D eigenvalue weighted by Crippen LogP contribution is -2.42. The molecule has 1 N–H and O–H groups in total. The topological polar surface area (TPSA) is 87.9 Å². The van der Waals surface area contributed by atoms with E-state index in [-0.39, 0.29) is 6.54 Å². The third-order valence-electron chi connectivity index (χ3n) is 6.95. The van der Waals surface area contributed by atoms with Crippen LogP contribution in [0, 0.1) is 11.8 Å². The molecular weight excluding hydrogens is 559 g/mol. The minimum absolute atomic E-state index is 0.220. The first-order chi connectivity index (χ1) is 18.7. The lowest BCUT2D eigenvalue weighted by Gasteiger charge is -2.29. The van der Waals surface area contributed by atoms with Gasteiger partial charge >= 0.3 is 0 Å². The van der Waals surface area contributed by atoms with Crippen molar-refractivity contribution in [1.82, 2.24) is 19.0 Å². The quantitative estimate of drug-likeness (QED) is 0.445. The number of rotatable bonds is 6. The summed E-state index contributed by atoms with van der Waals surface area (Å²) in [6.07, 6.45) is 1.11. The fraction of sp³-hybridized carbons (Fsp3) is 0.393. The minimum Gasteiger partial charge on any atom is -0.390 e. The molecule has 3 heterocycles. The lowest BCUT2D eigenvalue weighted by atomic mass is 10.0. The molecule has 0 aliphatic carbocycles. The Kier molecular flexibility index (Phi) is 8.64. The van der Waals surface area contributed by atoms with E-state index in [9.17, 15) is 13.5 Å². The number of hydrogen-bond donors (Lipinski definition) is 1. The molecule has 39 heavy (non-hydrogen) atoms. The smallest absolute Gasteiger partial charge is 0.211 e. The van der Waals surface area contributed by atoms with Gasteiger partial charge in [0.25, 0.3) is 0 Å². The number of ether oxygens (including phenoxy) is 1. The second kappa shape index (κ2) is 12.0. The van der Waals surface area contributed by atoms with Crippen molar-refractivity contribution >= 4 is 33.2 Å². The van der Waals surface area contributed by atoms with Gasteiger partial charge in [0.2, 0.25) is 10.0 Å².